The highest BCUT2D eigenvalue weighted by molar-refractivity contribution is 7.98. The Kier molecular flexibility index (Phi) is 3.91. The first-order valence-electron chi connectivity index (χ1n) is 4.97. The van der Waals surface area contributed by atoms with E-state index in [2.05, 4.69) is 9.97 Å². The van der Waals surface area contributed by atoms with Crippen LogP contribution in [-0.4, -0.2) is 15.1 Å². The van der Waals surface area contributed by atoms with E-state index in [0.29, 0.717) is 0 Å². The molecule has 3 nitrogen and oxygen atoms in total. The average molecular weight is 232 g/mol. The molecule has 1 aromatic carbocycles. The zero-order valence-corrected chi connectivity index (χ0v) is 9.52. The Hall–Kier alpha value is -1.39. The molecular formula is C12H12N2OS. The van der Waals surface area contributed by atoms with Crippen LogP contribution in [0.5, 0.6) is 0 Å². The van der Waals surface area contributed by atoms with Gasteiger partial charge >= 0.3 is 0 Å². The summed E-state index contributed by atoms with van der Waals surface area (Å²) in [7, 11) is 0. The average Bonchev–Trinajstić information content (AvgIpc) is 2.38. The molecule has 0 aliphatic rings. The van der Waals surface area contributed by atoms with Crippen molar-refractivity contribution < 1.29 is 5.11 Å². The highest BCUT2D eigenvalue weighted by Crippen LogP contribution is 2.21. The van der Waals surface area contributed by atoms with Crippen LogP contribution in [0.3, 0.4) is 0 Å². The molecule has 0 spiro atoms. The van der Waals surface area contributed by atoms with E-state index >= 15 is 0 Å². The second kappa shape index (κ2) is 5.63. The highest BCUT2D eigenvalue weighted by Gasteiger charge is 1.99. The molecule has 0 saturated heterocycles. The molecule has 0 unspecified atom stereocenters. The molecular weight excluding hydrogens is 220 g/mol. The van der Waals surface area contributed by atoms with Crippen molar-refractivity contribution in [2.45, 2.75) is 17.3 Å². The maximum Gasteiger partial charge on any atom is 0.138 e. The lowest BCUT2D eigenvalue weighted by Gasteiger charge is -2.02. The molecule has 0 saturated carbocycles. The summed E-state index contributed by atoms with van der Waals surface area (Å²) in [5.74, 6) is 1.57. The SMILES string of the molecule is OCc1cccc(SCc2ncccn2)c1. The predicted molar refractivity (Wildman–Crippen MR) is 64.0 cm³/mol. The van der Waals surface area contributed by atoms with Gasteiger partial charge in [0.25, 0.3) is 0 Å². The third kappa shape index (κ3) is 3.05. The second-order valence-corrected chi connectivity index (χ2v) is 4.31. The number of aromatic nitrogens is 2. The lowest BCUT2D eigenvalue weighted by atomic mass is 10.2. The summed E-state index contributed by atoms with van der Waals surface area (Å²) in [6, 6.07) is 9.66. The van der Waals surface area contributed by atoms with Gasteiger partial charge in [0.05, 0.1) is 12.4 Å². The van der Waals surface area contributed by atoms with E-state index in [-0.39, 0.29) is 6.61 Å². The summed E-state index contributed by atoms with van der Waals surface area (Å²) in [6.45, 7) is 0.0796. The van der Waals surface area contributed by atoms with Crippen LogP contribution in [-0.2, 0) is 12.4 Å². The number of aliphatic hydroxyl groups is 1. The van der Waals surface area contributed by atoms with E-state index in [1.807, 2.05) is 24.3 Å². The van der Waals surface area contributed by atoms with Crippen molar-refractivity contribution in [3.63, 3.8) is 0 Å². The van der Waals surface area contributed by atoms with Gasteiger partial charge in [0.2, 0.25) is 0 Å². The Bertz CT molecular complexity index is 448. The molecule has 2 aromatic rings. The Balaban J connectivity index is 1.99. The molecule has 0 amide bonds. The van der Waals surface area contributed by atoms with Crippen molar-refractivity contribution in [1.29, 1.82) is 0 Å². The smallest absolute Gasteiger partial charge is 0.138 e. The van der Waals surface area contributed by atoms with Gasteiger partial charge in [-0.3, -0.25) is 0 Å². The van der Waals surface area contributed by atoms with E-state index in [1.165, 1.54) is 0 Å². The Morgan fingerprint density at radius 3 is 2.69 bits per heavy atom. The van der Waals surface area contributed by atoms with E-state index in [4.69, 9.17) is 5.11 Å². The lowest BCUT2D eigenvalue weighted by molar-refractivity contribution is 0.281. The standard InChI is InChI=1S/C12H12N2OS/c15-8-10-3-1-4-11(7-10)16-9-12-13-5-2-6-14-12/h1-7,15H,8-9H2. The Morgan fingerprint density at radius 1 is 1.12 bits per heavy atom. The molecule has 82 valence electrons. The molecule has 0 aliphatic carbocycles. The first kappa shape index (κ1) is 11.1. The van der Waals surface area contributed by atoms with Crippen molar-refractivity contribution in [2.24, 2.45) is 0 Å². The van der Waals surface area contributed by atoms with Gasteiger partial charge in [-0.05, 0) is 23.8 Å². The van der Waals surface area contributed by atoms with Crippen molar-refractivity contribution in [3.8, 4) is 0 Å². The second-order valence-electron chi connectivity index (χ2n) is 3.26. The number of aliphatic hydroxyl groups excluding tert-OH is 1. The third-order valence-corrected chi connectivity index (χ3v) is 3.06. The quantitative estimate of drug-likeness (QED) is 0.821. The minimum atomic E-state index is 0.0796. The fourth-order valence-corrected chi connectivity index (χ4v) is 2.14. The summed E-state index contributed by atoms with van der Waals surface area (Å²) in [5, 5.41) is 9.01. The Labute approximate surface area is 98.6 Å². The number of rotatable bonds is 4. The minimum absolute atomic E-state index is 0.0796. The van der Waals surface area contributed by atoms with E-state index in [9.17, 15) is 0 Å². The summed E-state index contributed by atoms with van der Waals surface area (Å²) < 4.78 is 0. The molecule has 0 atom stereocenters. The Morgan fingerprint density at radius 2 is 1.94 bits per heavy atom. The van der Waals surface area contributed by atoms with Crippen molar-refractivity contribution in [1.82, 2.24) is 9.97 Å². The predicted octanol–water partition coefficient (Wildman–Crippen LogP) is 2.26. The summed E-state index contributed by atoms with van der Waals surface area (Å²) in [6.07, 6.45) is 3.49. The number of nitrogens with zero attached hydrogens (tertiary/aromatic N) is 2. The van der Waals surface area contributed by atoms with Crippen LogP contribution in [0, 0.1) is 0 Å². The lowest BCUT2D eigenvalue weighted by Crippen LogP contribution is -1.90. The van der Waals surface area contributed by atoms with Crippen LogP contribution in [0.1, 0.15) is 11.4 Å². The van der Waals surface area contributed by atoms with Gasteiger partial charge in [-0.15, -0.1) is 11.8 Å². The van der Waals surface area contributed by atoms with Gasteiger partial charge < -0.3 is 5.11 Å². The maximum absolute atomic E-state index is 9.01. The molecule has 0 aliphatic heterocycles. The molecule has 0 bridgehead atoms. The molecule has 16 heavy (non-hydrogen) atoms. The molecule has 0 radical (unpaired) electrons. The summed E-state index contributed by atoms with van der Waals surface area (Å²) in [4.78, 5) is 9.43. The monoisotopic (exact) mass is 232 g/mol. The zero-order valence-electron chi connectivity index (χ0n) is 8.71. The fraction of sp³-hybridized carbons (Fsp3) is 0.167. The molecule has 2 rings (SSSR count). The minimum Gasteiger partial charge on any atom is -0.392 e. The molecule has 1 heterocycles. The number of benzene rings is 1. The van der Waals surface area contributed by atoms with Crippen LogP contribution in [0.4, 0.5) is 0 Å². The van der Waals surface area contributed by atoms with Gasteiger partial charge in [0, 0.05) is 17.3 Å². The largest absolute Gasteiger partial charge is 0.392 e. The normalized spacial score (nSPS) is 10.3. The van der Waals surface area contributed by atoms with Crippen LogP contribution in [0.2, 0.25) is 0 Å². The molecule has 1 aromatic heterocycles. The molecule has 4 heteroatoms. The van der Waals surface area contributed by atoms with E-state index in [1.54, 1.807) is 30.2 Å². The van der Waals surface area contributed by atoms with Crippen molar-refractivity contribution in [2.75, 3.05) is 0 Å². The van der Waals surface area contributed by atoms with E-state index in [0.717, 1.165) is 22.0 Å². The van der Waals surface area contributed by atoms with Crippen LogP contribution >= 0.6 is 11.8 Å². The number of hydrogen-bond acceptors (Lipinski definition) is 4. The molecule has 1 N–H and O–H groups in total. The topological polar surface area (TPSA) is 46.0 Å². The molecule has 0 fully saturated rings. The highest BCUT2D eigenvalue weighted by atomic mass is 32.2. The van der Waals surface area contributed by atoms with Crippen LogP contribution < -0.4 is 0 Å². The van der Waals surface area contributed by atoms with Gasteiger partial charge in [-0.2, -0.15) is 0 Å². The third-order valence-electron chi connectivity index (χ3n) is 2.07. The first-order valence-corrected chi connectivity index (χ1v) is 5.95. The maximum atomic E-state index is 9.01. The first-order chi connectivity index (χ1) is 7.88. The van der Waals surface area contributed by atoms with Gasteiger partial charge in [-0.1, -0.05) is 12.1 Å². The van der Waals surface area contributed by atoms with Crippen molar-refractivity contribution in [3.05, 3.63) is 54.1 Å². The summed E-state index contributed by atoms with van der Waals surface area (Å²) >= 11 is 1.67. The van der Waals surface area contributed by atoms with Gasteiger partial charge in [0.1, 0.15) is 5.82 Å². The van der Waals surface area contributed by atoms with Crippen LogP contribution in [0.25, 0.3) is 0 Å². The summed E-state index contributed by atoms with van der Waals surface area (Å²) in [5.41, 5.74) is 0.930. The van der Waals surface area contributed by atoms with E-state index < -0.39 is 0 Å². The zero-order chi connectivity index (χ0) is 11.2. The van der Waals surface area contributed by atoms with Crippen molar-refractivity contribution >= 4 is 11.8 Å². The van der Waals surface area contributed by atoms with Crippen LogP contribution in [0.15, 0.2) is 47.6 Å². The fourth-order valence-electron chi connectivity index (χ4n) is 1.29. The van der Waals surface area contributed by atoms with Gasteiger partial charge in [0.15, 0.2) is 0 Å². The number of hydrogen-bond donors (Lipinski definition) is 1. The number of thioether (sulfide) groups is 1. The van der Waals surface area contributed by atoms with Gasteiger partial charge in [-0.25, -0.2) is 9.97 Å².